The number of nitrogens with zero attached hydrogens (tertiary/aromatic N) is 4. The number of hydrogen-bond donors (Lipinski definition) is 1. The highest BCUT2D eigenvalue weighted by atomic mass is 16.5. The molecule has 8 heteroatoms. The minimum absolute atomic E-state index is 0.0137. The van der Waals surface area contributed by atoms with Crippen LogP contribution in [0, 0.1) is 6.92 Å². The second-order valence-electron chi connectivity index (χ2n) is 7.79. The van der Waals surface area contributed by atoms with E-state index >= 15 is 0 Å². The van der Waals surface area contributed by atoms with Gasteiger partial charge >= 0.3 is 0 Å². The molecule has 1 N–H and O–H groups in total. The zero-order valence-corrected chi connectivity index (χ0v) is 18.9. The maximum absolute atomic E-state index is 12.9. The van der Waals surface area contributed by atoms with Crippen LogP contribution in [0.2, 0.25) is 0 Å². The van der Waals surface area contributed by atoms with Gasteiger partial charge in [0.25, 0.3) is 5.89 Å². The molecule has 0 fully saturated rings. The van der Waals surface area contributed by atoms with E-state index in [1.54, 1.807) is 10.7 Å². The predicted molar refractivity (Wildman–Crippen MR) is 129 cm³/mol. The van der Waals surface area contributed by atoms with Crippen molar-refractivity contribution in [1.82, 2.24) is 19.9 Å². The Hall–Kier alpha value is -4.46. The molecule has 1 amide bonds. The fourth-order valence-electron chi connectivity index (χ4n) is 3.80. The van der Waals surface area contributed by atoms with E-state index in [9.17, 15) is 4.79 Å². The Labute approximate surface area is 196 Å². The van der Waals surface area contributed by atoms with Crippen LogP contribution >= 0.6 is 0 Å². The van der Waals surface area contributed by atoms with Crippen LogP contribution in [0.4, 0.5) is 5.69 Å². The summed E-state index contributed by atoms with van der Waals surface area (Å²) in [5, 5.41) is 12.5. The molecule has 0 saturated carbocycles. The summed E-state index contributed by atoms with van der Waals surface area (Å²) in [6, 6.07) is 22.9. The van der Waals surface area contributed by atoms with E-state index in [0.29, 0.717) is 35.5 Å². The van der Waals surface area contributed by atoms with Crippen molar-refractivity contribution in [2.75, 3.05) is 11.9 Å². The lowest BCUT2D eigenvalue weighted by atomic mass is 10.1. The molecule has 0 aliphatic carbocycles. The van der Waals surface area contributed by atoms with E-state index in [1.807, 2.05) is 80.6 Å². The smallest absolute Gasteiger partial charge is 0.279 e. The number of rotatable bonds is 7. The van der Waals surface area contributed by atoms with E-state index in [-0.39, 0.29) is 12.5 Å². The minimum Gasteiger partial charge on any atom is -0.492 e. The molecule has 0 radical (unpaired) electrons. The first-order valence-electron chi connectivity index (χ1n) is 11.0. The van der Waals surface area contributed by atoms with Gasteiger partial charge in [-0.3, -0.25) is 9.48 Å². The molecule has 5 rings (SSSR count). The number of nitrogens with one attached hydrogen (secondary N) is 1. The fourth-order valence-corrected chi connectivity index (χ4v) is 3.80. The van der Waals surface area contributed by atoms with Gasteiger partial charge in [0.05, 0.1) is 17.8 Å². The van der Waals surface area contributed by atoms with Crippen LogP contribution in [0.25, 0.3) is 33.9 Å². The monoisotopic (exact) mass is 453 g/mol. The molecule has 3 aromatic carbocycles. The zero-order chi connectivity index (χ0) is 23.5. The molecule has 0 aliphatic heterocycles. The van der Waals surface area contributed by atoms with Crippen molar-refractivity contribution >= 4 is 22.5 Å². The molecule has 34 heavy (non-hydrogen) atoms. The third kappa shape index (κ3) is 4.25. The van der Waals surface area contributed by atoms with Gasteiger partial charge in [0.15, 0.2) is 5.69 Å². The van der Waals surface area contributed by atoms with Gasteiger partial charge < -0.3 is 14.6 Å². The number of aryl methyl sites for hydroxylation is 1. The molecule has 0 spiro atoms. The summed E-state index contributed by atoms with van der Waals surface area (Å²) in [5.74, 6) is 1.19. The van der Waals surface area contributed by atoms with Crippen molar-refractivity contribution in [3.63, 3.8) is 0 Å². The van der Waals surface area contributed by atoms with Crippen molar-refractivity contribution in [3.05, 3.63) is 78.4 Å². The van der Waals surface area contributed by atoms with Crippen LogP contribution < -0.4 is 10.1 Å². The Morgan fingerprint density at radius 1 is 1.06 bits per heavy atom. The van der Waals surface area contributed by atoms with Crippen LogP contribution in [0.1, 0.15) is 12.5 Å². The van der Waals surface area contributed by atoms with Gasteiger partial charge in [0, 0.05) is 10.9 Å². The summed E-state index contributed by atoms with van der Waals surface area (Å²) in [6.07, 6.45) is 0. The van der Waals surface area contributed by atoms with Gasteiger partial charge in [-0.05, 0) is 38.1 Å². The summed E-state index contributed by atoms with van der Waals surface area (Å²) < 4.78 is 12.8. The third-order valence-corrected chi connectivity index (χ3v) is 5.32. The number of aromatic nitrogens is 4. The second-order valence-corrected chi connectivity index (χ2v) is 7.79. The predicted octanol–water partition coefficient (Wildman–Crippen LogP) is 5.10. The van der Waals surface area contributed by atoms with Crippen LogP contribution in [-0.2, 0) is 11.3 Å². The van der Waals surface area contributed by atoms with Crippen molar-refractivity contribution in [2.24, 2.45) is 0 Å². The Morgan fingerprint density at radius 2 is 1.88 bits per heavy atom. The molecule has 2 aromatic heterocycles. The van der Waals surface area contributed by atoms with E-state index in [2.05, 4.69) is 20.6 Å². The molecule has 0 bridgehead atoms. The Balaban J connectivity index is 1.44. The van der Waals surface area contributed by atoms with Crippen molar-refractivity contribution in [1.29, 1.82) is 0 Å². The topological polar surface area (TPSA) is 95.1 Å². The maximum atomic E-state index is 12.9. The summed E-state index contributed by atoms with van der Waals surface area (Å²) in [4.78, 5) is 17.4. The first kappa shape index (κ1) is 21.4. The van der Waals surface area contributed by atoms with Gasteiger partial charge in [-0.15, -0.1) is 0 Å². The van der Waals surface area contributed by atoms with Crippen LogP contribution in [0.15, 0.2) is 77.3 Å². The number of ether oxygens (including phenoxy) is 1. The van der Waals surface area contributed by atoms with Gasteiger partial charge in [0.1, 0.15) is 12.3 Å². The van der Waals surface area contributed by atoms with Crippen molar-refractivity contribution in [3.8, 4) is 28.7 Å². The van der Waals surface area contributed by atoms with E-state index in [0.717, 1.165) is 22.0 Å². The maximum Gasteiger partial charge on any atom is 0.279 e. The van der Waals surface area contributed by atoms with E-state index in [1.165, 1.54) is 0 Å². The highest BCUT2D eigenvalue weighted by molar-refractivity contribution is 5.95. The molecule has 0 unspecified atom stereocenters. The molecule has 8 nitrogen and oxygen atoms in total. The number of para-hydroxylation sites is 3. The first-order valence-corrected chi connectivity index (χ1v) is 11.0. The number of hydrogen-bond acceptors (Lipinski definition) is 6. The lowest BCUT2D eigenvalue weighted by Crippen LogP contribution is -2.20. The number of benzene rings is 3. The van der Waals surface area contributed by atoms with Gasteiger partial charge in [-0.1, -0.05) is 59.3 Å². The lowest BCUT2D eigenvalue weighted by Gasteiger charge is -2.11. The zero-order valence-electron chi connectivity index (χ0n) is 18.9. The summed E-state index contributed by atoms with van der Waals surface area (Å²) in [6.45, 7) is 4.43. The van der Waals surface area contributed by atoms with Gasteiger partial charge in [0.2, 0.25) is 11.7 Å². The highest BCUT2D eigenvalue weighted by Gasteiger charge is 2.20. The minimum atomic E-state index is -0.224. The van der Waals surface area contributed by atoms with E-state index in [4.69, 9.17) is 9.26 Å². The average Bonchev–Trinajstić information content (AvgIpc) is 3.46. The first-order chi connectivity index (χ1) is 16.6. The highest BCUT2D eigenvalue weighted by Crippen LogP contribution is 2.29. The third-order valence-electron chi connectivity index (χ3n) is 5.32. The fraction of sp³-hybridized carbons (Fsp3) is 0.154. The number of carbonyl (C=O) groups excluding carboxylic acids is 1. The molecule has 2 heterocycles. The largest absolute Gasteiger partial charge is 0.492 e. The average molecular weight is 454 g/mol. The van der Waals surface area contributed by atoms with Gasteiger partial charge in [-0.25, -0.2) is 0 Å². The molecule has 0 atom stereocenters. The summed E-state index contributed by atoms with van der Waals surface area (Å²) >= 11 is 0. The van der Waals surface area contributed by atoms with E-state index < -0.39 is 0 Å². The quantitative estimate of drug-likeness (QED) is 0.368. The van der Waals surface area contributed by atoms with Gasteiger partial charge in [-0.2, -0.15) is 10.1 Å². The number of anilines is 1. The normalized spacial score (nSPS) is 11.0. The Bertz CT molecular complexity index is 1470. The van der Waals surface area contributed by atoms with Crippen molar-refractivity contribution in [2.45, 2.75) is 20.4 Å². The second kappa shape index (κ2) is 9.19. The molecular weight excluding hydrogens is 430 g/mol. The molecule has 170 valence electrons. The van der Waals surface area contributed by atoms with Crippen LogP contribution in [0.3, 0.4) is 0 Å². The molecule has 5 aromatic rings. The summed E-state index contributed by atoms with van der Waals surface area (Å²) in [5.41, 5.74) is 3.91. The molecule has 0 aliphatic rings. The molecule has 0 saturated heterocycles. The van der Waals surface area contributed by atoms with Crippen molar-refractivity contribution < 1.29 is 14.1 Å². The molecular formula is C26H23N5O3. The number of carbonyl (C=O) groups is 1. The Kier molecular flexibility index (Phi) is 5.78. The Morgan fingerprint density at radius 3 is 2.74 bits per heavy atom. The summed E-state index contributed by atoms with van der Waals surface area (Å²) in [7, 11) is 0. The number of amides is 1. The lowest BCUT2D eigenvalue weighted by molar-refractivity contribution is -0.116. The van der Waals surface area contributed by atoms with Crippen LogP contribution in [-0.4, -0.2) is 32.4 Å². The van der Waals surface area contributed by atoms with Crippen LogP contribution in [0.5, 0.6) is 5.75 Å². The standard InChI is InChI=1S/C26H23N5O3/c1-3-33-22-14-7-5-12-20(22)27-23(32)16-31-21-13-6-4-11-19(21)24(29-31)26-28-25(30-34-26)18-10-8-9-17(2)15-18/h4-15H,3,16H2,1-2H3,(H,27,32). The number of fused-ring (bicyclic) bond motifs is 1. The SMILES string of the molecule is CCOc1ccccc1NC(=O)Cn1nc(-c2nc(-c3cccc(C)c3)no2)c2ccccc21.